The Bertz CT molecular complexity index is 452. The van der Waals surface area contributed by atoms with Gasteiger partial charge in [0, 0.05) is 29.6 Å². The molecule has 2 unspecified atom stereocenters. The molecule has 1 saturated heterocycles. The van der Waals surface area contributed by atoms with Gasteiger partial charge in [0.05, 0.1) is 0 Å². The molecule has 1 aromatic rings. The number of benzene rings is 1. The summed E-state index contributed by atoms with van der Waals surface area (Å²) in [6, 6.07) is 10.9. The molecule has 1 fully saturated rings. The predicted molar refractivity (Wildman–Crippen MR) is 84.0 cm³/mol. The van der Waals surface area contributed by atoms with E-state index >= 15 is 0 Å². The fourth-order valence-electron chi connectivity index (χ4n) is 3.36. The van der Waals surface area contributed by atoms with Crippen molar-refractivity contribution in [1.82, 2.24) is 4.90 Å². The highest BCUT2D eigenvalue weighted by atomic mass is 16.1. The zero-order valence-electron chi connectivity index (χ0n) is 13.2. The number of carbonyl (C=O) groups excluding carboxylic acids is 1. The van der Waals surface area contributed by atoms with Gasteiger partial charge in [-0.05, 0) is 26.2 Å². The summed E-state index contributed by atoms with van der Waals surface area (Å²) in [6.07, 6.45) is 3.71. The fraction of sp³-hybridized carbons (Fsp3) is 0.611. The van der Waals surface area contributed by atoms with Gasteiger partial charge in [0.15, 0.2) is 5.78 Å². The smallest absolute Gasteiger partial charge is 0.169 e. The second-order valence-electron chi connectivity index (χ2n) is 6.74. The van der Waals surface area contributed by atoms with Crippen LogP contribution in [-0.2, 0) is 0 Å². The van der Waals surface area contributed by atoms with E-state index in [4.69, 9.17) is 0 Å². The maximum absolute atomic E-state index is 12.7. The molecule has 2 heteroatoms. The third-order valence-corrected chi connectivity index (χ3v) is 4.65. The lowest BCUT2D eigenvalue weighted by atomic mass is 9.83. The van der Waals surface area contributed by atoms with Gasteiger partial charge in [-0.3, -0.25) is 9.69 Å². The van der Waals surface area contributed by atoms with Gasteiger partial charge in [0.25, 0.3) is 0 Å². The molecule has 0 spiro atoms. The highest BCUT2D eigenvalue weighted by Gasteiger charge is 2.37. The molecule has 1 heterocycles. The molecule has 20 heavy (non-hydrogen) atoms. The maximum atomic E-state index is 12.7. The summed E-state index contributed by atoms with van der Waals surface area (Å²) in [4.78, 5) is 15.3. The van der Waals surface area contributed by atoms with E-state index in [0.29, 0.717) is 12.1 Å². The quantitative estimate of drug-likeness (QED) is 0.751. The van der Waals surface area contributed by atoms with E-state index in [9.17, 15) is 4.79 Å². The highest BCUT2D eigenvalue weighted by molar-refractivity contribution is 6.00. The van der Waals surface area contributed by atoms with Crippen molar-refractivity contribution in [2.75, 3.05) is 6.54 Å². The Balaban J connectivity index is 2.12. The van der Waals surface area contributed by atoms with Gasteiger partial charge in [-0.15, -0.1) is 0 Å². The van der Waals surface area contributed by atoms with Crippen molar-refractivity contribution in [3.05, 3.63) is 35.9 Å². The molecule has 1 aliphatic rings. The molecule has 0 N–H and O–H groups in total. The van der Waals surface area contributed by atoms with Crippen molar-refractivity contribution in [2.45, 2.75) is 59.0 Å². The molecule has 2 nitrogen and oxygen atoms in total. The molecule has 2 rings (SSSR count). The molecule has 0 amide bonds. The van der Waals surface area contributed by atoms with E-state index in [0.717, 1.165) is 12.1 Å². The molecular formula is C18H27NO. The second kappa shape index (κ2) is 6.09. The molecule has 0 radical (unpaired) electrons. The SMILES string of the molecule is CCC1CCC(C)N1CC(C)(C)C(=O)c1ccccc1. The van der Waals surface area contributed by atoms with Crippen LogP contribution >= 0.6 is 0 Å². The van der Waals surface area contributed by atoms with Crippen molar-refractivity contribution in [3.8, 4) is 0 Å². The van der Waals surface area contributed by atoms with Gasteiger partial charge in [0.1, 0.15) is 0 Å². The first-order chi connectivity index (χ1) is 9.45. The van der Waals surface area contributed by atoms with Crippen LogP contribution in [0.15, 0.2) is 30.3 Å². The second-order valence-corrected chi connectivity index (χ2v) is 6.74. The number of Topliss-reactive ketones (excluding diaryl/α,β-unsaturated/α-hetero) is 1. The molecule has 110 valence electrons. The summed E-state index contributed by atoms with van der Waals surface area (Å²) in [5.41, 5.74) is 0.505. The van der Waals surface area contributed by atoms with Crippen molar-refractivity contribution in [3.63, 3.8) is 0 Å². The topological polar surface area (TPSA) is 20.3 Å². The number of carbonyl (C=O) groups is 1. The Morgan fingerprint density at radius 2 is 1.90 bits per heavy atom. The van der Waals surface area contributed by atoms with Crippen molar-refractivity contribution < 1.29 is 4.79 Å². The zero-order chi connectivity index (χ0) is 14.8. The molecule has 0 saturated carbocycles. The van der Waals surface area contributed by atoms with E-state index in [1.807, 2.05) is 30.3 Å². The molecule has 0 aromatic heterocycles. The normalized spacial score (nSPS) is 24.0. The zero-order valence-corrected chi connectivity index (χ0v) is 13.2. The van der Waals surface area contributed by atoms with Crippen LogP contribution in [0.25, 0.3) is 0 Å². The molecule has 2 atom stereocenters. The first kappa shape index (κ1) is 15.2. The predicted octanol–water partition coefficient (Wildman–Crippen LogP) is 4.16. The van der Waals surface area contributed by atoms with E-state index in [1.54, 1.807) is 0 Å². The van der Waals surface area contributed by atoms with Crippen LogP contribution in [0, 0.1) is 5.41 Å². The van der Waals surface area contributed by atoms with Crippen LogP contribution in [0.5, 0.6) is 0 Å². The van der Waals surface area contributed by atoms with Crippen LogP contribution in [0.2, 0.25) is 0 Å². The first-order valence-electron chi connectivity index (χ1n) is 7.81. The molecule has 1 aliphatic heterocycles. The standard InChI is InChI=1S/C18H27NO/c1-5-16-12-11-14(2)19(16)13-18(3,4)17(20)15-9-7-6-8-10-15/h6-10,14,16H,5,11-13H2,1-4H3. The Hall–Kier alpha value is -1.15. The Morgan fingerprint density at radius 3 is 2.50 bits per heavy atom. The van der Waals surface area contributed by atoms with Crippen molar-refractivity contribution in [2.24, 2.45) is 5.41 Å². The minimum Gasteiger partial charge on any atom is -0.297 e. The maximum Gasteiger partial charge on any atom is 0.169 e. The summed E-state index contributed by atoms with van der Waals surface area (Å²) in [5.74, 6) is 0.257. The summed E-state index contributed by atoms with van der Waals surface area (Å²) >= 11 is 0. The number of hydrogen-bond donors (Lipinski definition) is 0. The summed E-state index contributed by atoms with van der Waals surface area (Å²) in [5, 5.41) is 0. The Kier molecular flexibility index (Phi) is 4.64. The lowest BCUT2D eigenvalue weighted by Gasteiger charge is -2.35. The van der Waals surface area contributed by atoms with Crippen LogP contribution in [0.3, 0.4) is 0 Å². The molecule has 0 aliphatic carbocycles. The first-order valence-corrected chi connectivity index (χ1v) is 7.81. The highest BCUT2D eigenvalue weighted by Crippen LogP contribution is 2.32. The average Bonchev–Trinajstić information content (AvgIpc) is 2.79. The molecular weight excluding hydrogens is 246 g/mol. The lowest BCUT2D eigenvalue weighted by molar-refractivity contribution is 0.0708. The van der Waals surface area contributed by atoms with Gasteiger partial charge < -0.3 is 0 Å². The van der Waals surface area contributed by atoms with Crippen molar-refractivity contribution in [1.29, 1.82) is 0 Å². The van der Waals surface area contributed by atoms with E-state index in [-0.39, 0.29) is 11.2 Å². The monoisotopic (exact) mass is 273 g/mol. The van der Waals surface area contributed by atoms with E-state index < -0.39 is 0 Å². The van der Waals surface area contributed by atoms with Crippen LogP contribution in [-0.4, -0.2) is 29.3 Å². The van der Waals surface area contributed by atoms with Gasteiger partial charge >= 0.3 is 0 Å². The fourth-order valence-corrected chi connectivity index (χ4v) is 3.36. The minimum atomic E-state index is -0.326. The third kappa shape index (κ3) is 3.12. The summed E-state index contributed by atoms with van der Waals surface area (Å²) in [6.45, 7) is 9.57. The number of nitrogens with zero attached hydrogens (tertiary/aromatic N) is 1. The Morgan fingerprint density at radius 1 is 1.25 bits per heavy atom. The number of rotatable bonds is 5. The van der Waals surface area contributed by atoms with Gasteiger partial charge in [0.2, 0.25) is 0 Å². The van der Waals surface area contributed by atoms with Crippen LogP contribution in [0.4, 0.5) is 0 Å². The number of ketones is 1. The minimum absolute atomic E-state index is 0.257. The Labute approximate surface area is 123 Å². The number of likely N-dealkylation sites (tertiary alicyclic amines) is 1. The lowest BCUT2D eigenvalue weighted by Crippen LogP contribution is -2.44. The van der Waals surface area contributed by atoms with Gasteiger partial charge in [-0.2, -0.15) is 0 Å². The van der Waals surface area contributed by atoms with Crippen LogP contribution in [0.1, 0.15) is 57.3 Å². The van der Waals surface area contributed by atoms with Crippen molar-refractivity contribution >= 4 is 5.78 Å². The van der Waals surface area contributed by atoms with E-state index in [2.05, 4.69) is 32.6 Å². The largest absolute Gasteiger partial charge is 0.297 e. The molecule has 1 aromatic carbocycles. The van der Waals surface area contributed by atoms with Gasteiger partial charge in [-0.25, -0.2) is 0 Å². The summed E-state index contributed by atoms with van der Waals surface area (Å²) in [7, 11) is 0. The molecule has 0 bridgehead atoms. The average molecular weight is 273 g/mol. The van der Waals surface area contributed by atoms with E-state index in [1.165, 1.54) is 19.3 Å². The van der Waals surface area contributed by atoms with Crippen LogP contribution < -0.4 is 0 Å². The third-order valence-electron chi connectivity index (χ3n) is 4.65. The van der Waals surface area contributed by atoms with Gasteiger partial charge in [-0.1, -0.05) is 51.1 Å². The summed E-state index contributed by atoms with van der Waals surface area (Å²) < 4.78 is 0. The number of hydrogen-bond acceptors (Lipinski definition) is 2.